The van der Waals surface area contributed by atoms with Crippen LogP contribution in [0.1, 0.15) is 31.1 Å². The number of likely N-dealkylation sites (tertiary alicyclic amines) is 1. The third kappa shape index (κ3) is 8.24. The van der Waals surface area contributed by atoms with Gasteiger partial charge in [0.2, 0.25) is 0 Å². The summed E-state index contributed by atoms with van der Waals surface area (Å²) in [6.07, 6.45) is 5.19. The zero-order chi connectivity index (χ0) is 17.7. The van der Waals surface area contributed by atoms with Crippen molar-refractivity contribution in [3.63, 3.8) is 0 Å². The van der Waals surface area contributed by atoms with E-state index in [0.717, 1.165) is 50.9 Å². The topological polar surface area (TPSA) is 71.3 Å². The summed E-state index contributed by atoms with van der Waals surface area (Å²) in [4.78, 5) is 6.77. The predicted octanol–water partition coefficient (Wildman–Crippen LogP) is 2.25. The summed E-state index contributed by atoms with van der Waals surface area (Å²) in [5.41, 5.74) is 0. The van der Waals surface area contributed by atoms with Gasteiger partial charge in [0.15, 0.2) is 5.96 Å². The zero-order valence-electron chi connectivity index (χ0n) is 15.9. The minimum atomic E-state index is 0. The SMILES string of the molecule is CN=C(NCCCOCCOC)NCC(c1ccco1)N1CCCC1.I. The number of hydrogen-bond donors (Lipinski definition) is 2. The van der Waals surface area contributed by atoms with Crippen molar-refractivity contribution in [2.75, 3.05) is 60.2 Å². The summed E-state index contributed by atoms with van der Waals surface area (Å²) >= 11 is 0. The highest BCUT2D eigenvalue weighted by atomic mass is 127. The molecule has 1 aromatic heterocycles. The number of aliphatic imine (C=N–C) groups is 1. The van der Waals surface area contributed by atoms with E-state index < -0.39 is 0 Å². The molecule has 2 N–H and O–H groups in total. The monoisotopic (exact) mass is 480 g/mol. The number of ether oxygens (including phenoxy) is 2. The highest BCUT2D eigenvalue weighted by molar-refractivity contribution is 14.0. The van der Waals surface area contributed by atoms with Crippen molar-refractivity contribution in [1.82, 2.24) is 15.5 Å². The number of methoxy groups -OCH3 is 1. The molecule has 0 spiro atoms. The van der Waals surface area contributed by atoms with E-state index in [-0.39, 0.29) is 30.0 Å². The molecule has 1 fully saturated rings. The Kier molecular flexibility index (Phi) is 12.7. The Hall–Kier alpha value is -0.840. The number of halogens is 1. The standard InChI is InChI=1S/C18H32N4O3.HI/c1-19-18(20-8-6-11-24-14-13-23-2)21-15-16(17-7-5-12-25-17)22-9-3-4-10-22;/h5,7,12,16H,3-4,6,8-11,13-15H2,1-2H3,(H2,19,20,21);1H. The van der Waals surface area contributed by atoms with Crippen molar-refractivity contribution < 1.29 is 13.9 Å². The van der Waals surface area contributed by atoms with E-state index in [9.17, 15) is 0 Å². The van der Waals surface area contributed by atoms with Gasteiger partial charge in [-0.2, -0.15) is 0 Å². The summed E-state index contributed by atoms with van der Waals surface area (Å²) < 4.78 is 16.1. The number of rotatable bonds is 11. The molecule has 2 rings (SSSR count). The van der Waals surface area contributed by atoms with E-state index in [1.807, 2.05) is 6.07 Å². The number of nitrogens with zero attached hydrogens (tertiary/aromatic N) is 2. The largest absolute Gasteiger partial charge is 0.468 e. The molecule has 7 nitrogen and oxygen atoms in total. The van der Waals surface area contributed by atoms with Gasteiger partial charge in [-0.25, -0.2) is 0 Å². The second kappa shape index (κ2) is 14.2. The third-order valence-corrected chi connectivity index (χ3v) is 4.33. The van der Waals surface area contributed by atoms with Crippen LogP contribution >= 0.6 is 24.0 Å². The Morgan fingerprint density at radius 1 is 1.27 bits per heavy atom. The molecule has 2 heterocycles. The van der Waals surface area contributed by atoms with Gasteiger partial charge in [-0.3, -0.25) is 9.89 Å². The molecule has 26 heavy (non-hydrogen) atoms. The van der Waals surface area contributed by atoms with E-state index in [1.54, 1.807) is 20.4 Å². The Morgan fingerprint density at radius 2 is 2.08 bits per heavy atom. The molecular formula is C18H33IN4O3. The second-order valence-electron chi connectivity index (χ2n) is 6.11. The van der Waals surface area contributed by atoms with Crippen molar-refractivity contribution >= 4 is 29.9 Å². The molecule has 1 unspecified atom stereocenters. The molecule has 0 bridgehead atoms. The van der Waals surface area contributed by atoms with E-state index in [2.05, 4.69) is 26.6 Å². The summed E-state index contributed by atoms with van der Waals surface area (Å²) in [6.45, 7) is 5.84. The van der Waals surface area contributed by atoms with E-state index >= 15 is 0 Å². The van der Waals surface area contributed by atoms with Crippen molar-refractivity contribution in [2.45, 2.75) is 25.3 Å². The lowest BCUT2D eigenvalue weighted by atomic mass is 10.2. The van der Waals surface area contributed by atoms with Gasteiger partial charge in [0.25, 0.3) is 0 Å². The third-order valence-electron chi connectivity index (χ3n) is 4.33. The van der Waals surface area contributed by atoms with Crippen LogP contribution in [0, 0.1) is 0 Å². The molecule has 0 saturated carbocycles. The predicted molar refractivity (Wildman–Crippen MR) is 114 cm³/mol. The van der Waals surface area contributed by atoms with Gasteiger partial charge >= 0.3 is 0 Å². The first kappa shape index (κ1) is 23.2. The molecule has 1 aromatic rings. The van der Waals surface area contributed by atoms with Crippen molar-refractivity contribution in [2.24, 2.45) is 4.99 Å². The molecule has 1 aliphatic rings. The van der Waals surface area contributed by atoms with Crippen LogP contribution in [-0.2, 0) is 9.47 Å². The molecular weight excluding hydrogens is 447 g/mol. The first-order chi connectivity index (χ1) is 12.3. The first-order valence-corrected chi connectivity index (χ1v) is 9.13. The number of hydrogen-bond acceptors (Lipinski definition) is 5. The van der Waals surface area contributed by atoms with Gasteiger partial charge in [0.1, 0.15) is 5.76 Å². The molecule has 0 aromatic carbocycles. The fraction of sp³-hybridized carbons (Fsp3) is 0.722. The highest BCUT2D eigenvalue weighted by Gasteiger charge is 2.25. The van der Waals surface area contributed by atoms with Crippen LogP contribution in [0.4, 0.5) is 0 Å². The molecule has 1 aliphatic heterocycles. The Bertz CT molecular complexity index is 479. The highest BCUT2D eigenvalue weighted by Crippen LogP contribution is 2.24. The maximum atomic E-state index is 5.65. The fourth-order valence-corrected chi connectivity index (χ4v) is 2.98. The zero-order valence-corrected chi connectivity index (χ0v) is 18.2. The van der Waals surface area contributed by atoms with Gasteiger partial charge in [0, 0.05) is 33.9 Å². The number of furan rings is 1. The van der Waals surface area contributed by atoms with Crippen LogP contribution in [0.5, 0.6) is 0 Å². The van der Waals surface area contributed by atoms with Gasteiger partial charge < -0.3 is 24.5 Å². The molecule has 8 heteroatoms. The second-order valence-corrected chi connectivity index (χ2v) is 6.11. The number of nitrogens with one attached hydrogen (secondary N) is 2. The van der Waals surface area contributed by atoms with E-state index in [0.29, 0.717) is 13.2 Å². The van der Waals surface area contributed by atoms with Crippen LogP contribution in [0.25, 0.3) is 0 Å². The van der Waals surface area contributed by atoms with Gasteiger partial charge in [-0.1, -0.05) is 0 Å². The van der Waals surface area contributed by atoms with Crippen molar-refractivity contribution in [3.8, 4) is 0 Å². The van der Waals surface area contributed by atoms with E-state index in [1.165, 1.54) is 12.8 Å². The lowest BCUT2D eigenvalue weighted by Gasteiger charge is -2.26. The van der Waals surface area contributed by atoms with Crippen LogP contribution in [-0.4, -0.2) is 71.0 Å². The van der Waals surface area contributed by atoms with Crippen LogP contribution in [0.3, 0.4) is 0 Å². The molecule has 1 saturated heterocycles. The summed E-state index contributed by atoms with van der Waals surface area (Å²) in [7, 11) is 3.47. The number of guanidine groups is 1. The fourth-order valence-electron chi connectivity index (χ4n) is 2.98. The summed E-state index contributed by atoms with van der Waals surface area (Å²) in [6, 6.07) is 4.25. The maximum Gasteiger partial charge on any atom is 0.191 e. The van der Waals surface area contributed by atoms with Gasteiger partial charge in [-0.05, 0) is 44.5 Å². The lowest BCUT2D eigenvalue weighted by Crippen LogP contribution is -2.43. The van der Waals surface area contributed by atoms with Crippen molar-refractivity contribution in [3.05, 3.63) is 24.2 Å². The van der Waals surface area contributed by atoms with Crippen molar-refractivity contribution in [1.29, 1.82) is 0 Å². The van der Waals surface area contributed by atoms with Gasteiger partial charge in [-0.15, -0.1) is 24.0 Å². The minimum Gasteiger partial charge on any atom is -0.468 e. The lowest BCUT2D eigenvalue weighted by molar-refractivity contribution is 0.0698. The van der Waals surface area contributed by atoms with Crippen LogP contribution in [0.2, 0.25) is 0 Å². The van der Waals surface area contributed by atoms with Crippen LogP contribution < -0.4 is 10.6 Å². The quantitative estimate of drug-likeness (QED) is 0.219. The summed E-state index contributed by atoms with van der Waals surface area (Å²) in [5.74, 6) is 1.82. The minimum absolute atomic E-state index is 0. The van der Waals surface area contributed by atoms with E-state index in [4.69, 9.17) is 13.9 Å². The molecule has 0 amide bonds. The average molecular weight is 480 g/mol. The Labute approximate surface area is 173 Å². The Balaban J connectivity index is 0.00000338. The summed E-state index contributed by atoms with van der Waals surface area (Å²) in [5, 5.41) is 6.75. The molecule has 1 atom stereocenters. The Morgan fingerprint density at radius 3 is 2.73 bits per heavy atom. The average Bonchev–Trinajstić information content (AvgIpc) is 3.33. The van der Waals surface area contributed by atoms with Crippen LogP contribution in [0.15, 0.2) is 27.8 Å². The molecule has 0 aliphatic carbocycles. The maximum absolute atomic E-state index is 5.65. The normalized spacial score (nSPS) is 16.3. The smallest absolute Gasteiger partial charge is 0.191 e. The van der Waals surface area contributed by atoms with Gasteiger partial charge in [0.05, 0.1) is 25.5 Å². The molecule has 150 valence electrons. The first-order valence-electron chi connectivity index (χ1n) is 9.13. The molecule has 0 radical (unpaired) electrons.